The van der Waals surface area contributed by atoms with Crippen LogP contribution in [0.1, 0.15) is 49.4 Å². The highest BCUT2D eigenvalue weighted by atomic mass is 79.9. The van der Waals surface area contributed by atoms with Crippen molar-refractivity contribution in [2.24, 2.45) is 0 Å². The summed E-state index contributed by atoms with van der Waals surface area (Å²) in [7, 11) is 0. The van der Waals surface area contributed by atoms with Crippen molar-refractivity contribution < 1.29 is 4.79 Å². The van der Waals surface area contributed by atoms with Gasteiger partial charge >= 0.3 is 0 Å². The van der Waals surface area contributed by atoms with Crippen molar-refractivity contribution in [2.75, 3.05) is 6.54 Å². The summed E-state index contributed by atoms with van der Waals surface area (Å²) in [5.41, 5.74) is 0.801. The van der Waals surface area contributed by atoms with Crippen molar-refractivity contribution in [1.82, 2.24) is 4.90 Å². The zero-order valence-corrected chi connectivity index (χ0v) is 14.4. The second kappa shape index (κ2) is 6.53. The molecule has 0 aliphatic carbocycles. The second-order valence-electron chi connectivity index (χ2n) is 4.67. The van der Waals surface area contributed by atoms with E-state index in [-0.39, 0.29) is 5.91 Å². The first-order valence-corrected chi connectivity index (χ1v) is 8.79. The van der Waals surface area contributed by atoms with Gasteiger partial charge in [0.05, 0.1) is 13.1 Å². The van der Waals surface area contributed by atoms with Gasteiger partial charge in [-0.2, -0.15) is 0 Å². The largest absolute Gasteiger partial charge is 0.336 e. The van der Waals surface area contributed by atoms with Crippen molar-refractivity contribution in [3.8, 4) is 0 Å². The highest BCUT2D eigenvalue weighted by Crippen LogP contribution is 2.34. The lowest BCUT2D eigenvalue weighted by atomic mass is 9.97. The molecule has 5 heteroatoms. The summed E-state index contributed by atoms with van der Waals surface area (Å²) in [6, 6.07) is 2.36. The molecule has 0 spiro atoms. The molecule has 0 aromatic carbocycles. The van der Waals surface area contributed by atoms with Gasteiger partial charge in [0.1, 0.15) is 0 Å². The molecule has 2 nitrogen and oxygen atoms in total. The second-order valence-corrected chi connectivity index (χ2v) is 8.42. The lowest BCUT2D eigenvalue weighted by Gasteiger charge is -2.35. The van der Waals surface area contributed by atoms with Crippen LogP contribution >= 0.6 is 43.2 Å². The van der Waals surface area contributed by atoms with E-state index in [4.69, 9.17) is 0 Å². The van der Waals surface area contributed by atoms with Crippen LogP contribution in [0.2, 0.25) is 0 Å². The standard InChI is InChI=1S/C13H17Br2NOS/c1-2-5-9-6-3-4-7-16(9)13(17)10-8-11(14)18-12(10)15/h8-9H,2-7H2,1H3. The minimum atomic E-state index is 0.182. The molecule has 2 rings (SSSR count). The summed E-state index contributed by atoms with van der Waals surface area (Å²) in [5.74, 6) is 0.182. The normalized spacial score (nSPS) is 20.2. The quantitative estimate of drug-likeness (QED) is 0.700. The minimum absolute atomic E-state index is 0.182. The summed E-state index contributed by atoms with van der Waals surface area (Å²) in [4.78, 5) is 14.7. The van der Waals surface area contributed by atoms with Crippen molar-refractivity contribution in [3.05, 3.63) is 19.2 Å². The highest BCUT2D eigenvalue weighted by Gasteiger charge is 2.28. The Balaban J connectivity index is 2.18. The Morgan fingerprint density at radius 2 is 2.28 bits per heavy atom. The molecule has 1 aliphatic heterocycles. The van der Waals surface area contributed by atoms with E-state index in [2.05, 4.69) is 43.7 Å². The number of amides is 1. The number of rotatable bonds is 3. The molecule has 0 N–H and O–H groups in total. The van der Waals surface area contributed by atoms with Crippen LogP contribution in [0.4, 0.5) is 0 Å². The Hall–Kier alpha value is 0.130. The molecule has 1 saturated heterocycles. The Morgan fingerprint density at radius 3 is 2.89 bits per heavy atom. The first-order chi connectivity index (χ1) is 8.63. The van der Waals surface area contributed by atoms with E-state index in [9.17, 15) is 4.79 Å². The molecule has 18 heavy (non-hydrogen) atoms. The van der Waals surface area contributed by atoms with Gasteiger partial charge in [0.2, 0.25) is 0 Å². The third kappa shape index (κ3) is 3.17. The lowest BCUT2D eigenvalue weighted by Crippen LogP contribution is -2.43. The molecule has 1 aliphatic rings. The van der Waals surface area contributed by atoms with E-state index < -0.39 is 0 Å². The number of hydrogen-bond acceptors (Lipinski definition) is 2. The number of halogens is 2. The van der Waals surface area contributed by atoms with Crippen LogP contribution in [0.3, 0.4) is 0 Å². The van der Waals surface area contributed by atoms with Gasteiger partial charge in [0.15, 0.2) is 0 Å². The molecular formula is C13H17Br2NOS. The lowest BCUT2D eigenvalue weighted by molar-refractivity contribution is 0.0600. The Labute approximate surface area is 129 Å². The number of carbonyl (C=O) groups is 1. The molecule has 0 radical (unpaired) electrons. The van der Waals surface area contributed by atoms with E-state index in [1.165, 1.54) is 6.42 Å². The van der Waals surface area contributed by atoms with Crippen LogP contribution in [0.25, 0.3) is 0 Å². The molecule has 1 aromatic heterocycles. The zero-order chi connectivity index (χ0) is 13.1. The summed E-state index contributed by atoms with van der Waals surface area (Å²) in [6.07, 6.45) is 5.80. The van der Waals surface area contributed by atoms with Gasteiger partial charge in [-0.25, -0.2) is 0 Å². The molecule has 1 aromatic rings. The maximum absolute atomic E-state index is 12.6. The van der Waals surface area contributed by atoms with E-state index in [0.717, 1.165) is 45.4 Å². The van der Waals surface area contributed by atoms with Crippen LogP contribution in [-0.2, 0) is 0 Å². The first-order valence-electron chi connectivity index (χ1n) is 6.39. The number of hydrogen-bond donors (Lipinski definition) is 0. The van der Waals surface area contributed by atoms with Crippen LogP contribution in [0, 0.1) is 0 Å². The Bertz CT molecular complexity index is 431. The van der Waals surface area contributed by atoms with Crippen molar-refractivity contribution >= 4 is 49.1 Å². The fraction of sp³-hybridized carbons (Fsp3) is 0.615. The van der Waals surface area contributed by atoms with Crippen LogP contribution in [0.15, 0.2) is 13.6 Å². The number of thiophene rings is 1. The third-order valence-electron chi connectivity index (χ3n) is 3.40. The van der Waals surface area contributed by atoms with Crippen molar-refractivity contribution in [3.63, 3.8) is 0 Å². The van der Waals surface area contributed by atoms with Gasteiger partial charge < -0.3 is 4.90 Å². The number of likely N-dealkylation sites (tertiary alicyclic amines) is 1. The number of piperidine rings is 1. The van der Waals surface area contributed by atoms with E-state index >= 15 is 0 Å². The van der Waals surface area contributed by atoms with E-state index in [1.54, 1.807) is 11.3 Å². The maximum Gasteiger partial charge on any atom is 0.256 e. The molecule has 2 heterocycles. The predicted octanol–water partition coefficient (Wildman–Crippen LogP) is 5.07. The Kier molecular flexibility index (Phi) is 5.27. The smallest absolute Gasteiger partial charge is 0.256 e. The van der Waals surface area contributed by atoms with Gasteiger partial charge in [-0.15, -0.1) is 11.3 Å². The fourth-order valence-corrected chi connectivity index (χ4v) is 5.32. The molecule has 1 unspecified atom stereocenters. The van der Waals surface area contributed by atoms with Gasteiger partial charge in [-0.3, -0.25) is 4.79 Å². The van der Waals surface area contributed by atoms with Gasteiger partial charge in [0, 0.05) is 12.6 Å². The van der Waals surface area contributed by atoms with Crippen LogP contribution in [0.5, 0.6) is 0 Å². The van der Waals surface area contributed by atoms with Gasteiger partial charge in [-0.1, -0.05) is 13.3 Å². The topological polar surface area (TPSA) is 20.3 Å². The number of nitrogens with zero attached hydrogens (tertiary/aromatic N) is 1. The highest BCUT2D eigenvalue weighted by molar-refractivity contribution is 9.12. The maximum atomic E-state index is 12.6. The average molecular weight is 395 g/mol. The third-order valence-corrected chi connectivity index (χ3v) is 5.74. The molecule has 100 valence electrons. The summed E-state index contributed by atoms with van der Waals surface area (Å²) >= 11 is 8.49. The molecule has 1 atom stereocenters. The van der Waals surface area contributed by atoms with Crippen molar-refractivity contribution in [2.45, 2.75) is 45.1 Å². The molecule has 0 saturated carbocycles. The summed E-state index contributed by atoms with van der Waals surface area (Å²) < 4.78 is 1.93. The molecule has 0 bridgehead atoms. The van der Waals surface area contributed by atoms with Crippen molar-refractivity contribution in [1.29, 1.82) is 0 Å². The summed E-state index contributed by atoms with van der Waals surface area (Å²) in [5, 5.41) is 0. The fourth-order valence-electron chi connectivity index (χ4n) is 2.54. The minimum Gasteiger partial charge on any atom is -0.336 e. The van der Waals surface area contributed by atoms with Gasteiger partial charge in [0.25, 0.3) is 5.91 Å². The monoisotopic (exact) mass is 393 g/mol. The zero-order valence-electron chi connectivity index (χ0n) is 10.4. The molecular weight excluding hydrogens is 378 g/mol. The SMILES string of the molecule is CCCC1CCCCN1C(=O)c1cc(Br)sc1Br. The van der Waals surface area contributed by atoms with E-state index in [0.29, 0.717) is 6.04 Å². The van der Waals surface area contributed by atoms with Crippen LogP contribution < -0.4 is 0 Å². The molecule has 1 fully saturated rings. The molecule has 1 amide bonds. The number of carbonyl (C=O) groups excluding carboxylic acids is 1. The predicted molar refractivity (Wildman–Crippen MR) is 83.3 cm³/mol. The van der Waals surface area contributed by atoms with E-state index in [1.807, 2.05) is 6.07 Å². The first kappa shape index (κ1) is 14.5. The Morgan fingerprint density at radius 1 is 1.50 bits per heavy atom. The summed E-state index contributed by atoms with van der Waals surface area (Å²) in [6.45, 7) is 3.10. The average Bonchev–Trinajstić information content (AvgIpc) is 2.69. The van der Waals surface area contributed by atoms with Crippen LogP contribution in [-0.4, -0.2) is 23.4 Å². The van der Waals surface area contributed by atoms with Gasteiger partial charge in [-0.05, 0) is 63.6 Å².